The summed E-state index contributed by atoms with van der Waals surface area (Å²) in [6, 6.07) is 10.3. The largest absolute Gasteiger partial charge is 0.494 e. The number of carbonyl (C=O) groups excluding carboxylic acids is 1. The minimum absolute atomic E-state index is 0.0965. The van der Waals surface area contributed by atoms with Gasteiger partial charge < -0.3 is 9.64 Å². The van der Waals surface area contributed by atoms with E-state index < -0.39 is 10.0 Å². The van der Waals surface area contributed by atoms with Crippen molar-refractivity contribution >= 4 is 60.1 Å². The Morgan fingerprint density at radius 1 is 1.28 bits per heavy atom. The third-order valence-corrected chi connectivity index (χ3v) is 7.82. The molecule has 0 fully saturated rings. The predicted octanol–water partition coefficient (Wildman–Crippen LogP) is 3.95. The van der Waals surface area contributed by atoms with Crippen LogP contribution in [0.15, 0.2) is 46.2 Å². The number of sulfonamides is 1. The number of anilines is 2. The summed E-state index contributed by atoms with van der Waals surface area (Å²) in [5.74, 6) is 1.40. The summed E-state index contributed by atoms with van der Waals surface area (Å²) in [5.41, 5.74) is 1.32. The van der Waals surface area contributed by atoms with Crippen LogP contribution < -0.4 is 14.4 Å². The van der Waals surface area contributed by atoms with Gasteiger partial charge in [-0.1, -0.05) is 11.3 Å². The van der Waals surface area contributed by atoms with E-state index in [0.29, 0.717) is 24.4 Å². The van der Waals surface area contributed by atoms with Gasteiger partial charge in [0.05, 0.1) is 27.4 Å². The molecule has 1 aliphatic heterocycles. The summed E-state index contributed by atoms with van der Waals surface area (Å²) >= 11 is 2.85. The van der Waals surface area contributed by atoms with Crippen molar-refractivity contribution in [1.29, 1.82) is 0 Å². The van der Waals surface area contributed by atoms with Crippen LogP contribution in [0.5, 0.6) is 5.75 Å². The maximum Gasteiger partial charge on any atom is 0.263 e. The van der Waals surface area contributed by atoms with Gasteiger partial charge in [0, 0.05) is 24.1 Å². The zero-order chi connectivity index (χ0) is 20.6. The molecule has 1 aromatic heterocycles. The molecule has 7 nitrogen and oxygen atoms in total. The summed E-state index contributed by atoms with van der Waals surface area (Å²) < 4.78 is 34.7. The molecule has 0 atom stereocenters. The Labute approximate surface area is 177 Å². The highest BCUT2D eigenvalue weighted by atomic mass is 32.2. The van der Waals surface area contributed by atoms with Crippen LogP contribution in [-0.4, -0.2) is 38.2 Å². The van der Waals surface area contributed by atoms with Crippen LogP contribution in [0.3, 0.4) is 0 Å². The van der Waals surface area contributed by atoms with E-state index in [2.05, 4.69) is 9.71 Å². The van der Waals surface area contributed by atoms with E-state index in [4.69, 9.17) is 4.74 Å². The van der Waals surface area contributed by atoms with Gasteiger partial charge in [0.25, 0.3) is 10.0 Å². The first-order valence-electron chi connectivity index (χ1n) is 8.98. The van der Waals surface area contributed by atoms with Crippen molar-refractivity contribution in [2.45, 2.75) is 23.6 Å². The molecule has 0 radical (unpaired) electrons. The highest BCUT2D eigenvalue weighted by molar-refractivity contribution is 7.99. The van der Waals surface area contributed by atoms with Gasteiger partial charge in [-0.05, 0) is 43.3 Å². The van der Waals surface area contributed by atoms with Crippen molar-refractivity contribution in [3.05, 3.63) is 36.4 Å². The van der Waals surface area contributed by atoms with Gasteiger partial charge in [0.15, 0.2) is 5.13 Å². The SMILES string of the molecule is CCOc1ccc2nc(NS(=O)(=O)c3ccc4c(c3)N(C(C)=O)CCS4)sc2c1. The average molecular weight is 450 g/mol. The van der Waals surface area contributed by atoms with Crippen molar-refractivity contribution in [3.63, 3.8) is 0 Å². The number of thiazole rings is 1. The first-order chi connectivity index (χ1) is 13.9. The van der Waals surface area contributed by atoms with Crippen molar-refractivity contribution < 1.29 is 17.9 Å². The van der Waals surface area contributed by atoms with E-state index in [-0.39, 0.29) is 15.9 Å². The first-order valence-corrected chi connectivity index (χ1v) is 12.3. The van der Waals surface area contributed by atoms with Crippen molar-refractivity contribution in [1.82, 2.24) is 4.98 Å². The summed E-state index contributed by atoms with van der Waals surface area (Å²) in [6.45, 7) is 4.50. The molecule has 0 bridgehead atoms. The molecule has 0 saturated carbocycles. The molecule has 0 saturated heterocycles. The third kappa shape index (κ3) is 4.05. The van der Waals surface area contributed by atoms with E-state index in [9.17, 15) is 13.2 Å². The van der Waals surface area contributed by atoms with E-state index in [1.54, 1.807) is 47.0 Å². The molecule has 1 amide bonds. The topological polar surface area (TPSA) is 88.6 Å². The Morgan fingerprint density at radius 2 is 2.10 bits per heavy atom. The minimum atomic E-state index is -3.84. The number of rotatable bonds is 5. The molecule has 1 aliphatic rings. The minimum Gasteiger partial charge on any atom is -0.494 e. The van der Waals surface area contributed by atoms with Gasteiger partial charge in [-0.15, -0.1) is 11.8 Å². The van der Waals surface area contributed by atoms with E-state index in [1.807, 2.05) is 13.0 Å². The molecule has 2 heterocycles. The summed E-state index contributed by atoms with van der Waals surface area (Å²) in [5, 5.41) is 0.282. The fourth-order valence-electron chi connectivity index (χ4n) is 3.07. The lowest BCUT2D eigenvalue weighted by Crippen LogP contribution is -2.33. The molecule has 2 aromatic carbocycles. The fraction of sp³-hybridized carbons (Fsp3) is 0.263. The van der Waals surface area contributed by atoms with Crippen LogP contribution in [0.4, 0.5) is 10.8 Å². The first kappa shape index (κ1) is 20.0. The molecule has 0 spiro atoms. The zero-order valence-electron chi connectivity index (χ0n) is 15.8. The van der Waals surface area contributed by atoms with Crippen LogP contribution in [0.2, 0.25) is 0 Å². The maximum absolute atomic E-state index is 12.9. The second-order valence-electron chi connectivity index (χ2n) is 6.34. The molecule has 152 valence electrons. The third-order valence-electron chi connectivity index (χ3n) is 4.38. The summed E-state index contributed by atoms with van der Waals surface area (Å²) in [6.07, 6.45) is 0. The lowest BCUT2D eigenvalue weighted by atomic mass is 10.2. The van der Waals surface area contributed by atoms with Gasteiger partial charge in [-0.3, -0.25) is 9.52 Å². The summed E-state index contributed by atoms with van der Waals surface area (Å²) in [4.78, 5) is 18.9. The average Bonchev–Trinajstić information content (AvgIpc) is 3.08. The lowest BCUT2D eigenvalue weighted by molar-refractivity contribution is -0.116. The maximum atomic E-state index is 12.9. The standard InChI is InChI=1S/C19H19N3O4S3/c1-3-26-13-4-6-15-18(10-13)28-19(20-15)21-29(24,25)14-5-7-17-16(11-14)22(12(2)23)8-9-27-17/h4-7,10-11H,3,8-9H2,1-2H3,(H,20,21). The van der Waals surface area contributed by atoms with Gasteiger partial charge in [0.1, 0.15) is 5.75 Å². The predicted molar refractivity (Wildman–Crippen MR) is 117 cm³/mol. The molecule has 0 unspecified atom stereocenters. The molecule has 4 rings (SSSR count). The highest BCUT2D eigenvalue weighted by Crippen LogP contribution is 2.37. The van der Waals surface area contributed by atoms with E-state index >= 15 is 0 Å². The molecule has 1 N–H and O–H groups in total. The number of fused-ring (bicyclic) bond motifs is 2. The van der Waals surface area contributed by atoms with Crippen molar-refractivity contribution in [2.24, 2.45) is 0 Å². The zero-order valence-corrected chi connectivity index (χ0v) is 18.3. The van der Waals surface area contributed by atoms with Crippen LogP contribution in [0.25, 0.3) is 10.2 Å². The van der Waals surface area contributed by atoms with Crippen LogP contribution in [-0.2, 0) is 14.8 Å². The number of hydrogen-bond donors (Lipinski definition) is 1. The molecule has 10 heteroatoms. The Morgan fingerprint density at radius 3 is 2.86 bits per heavy atom. The molecule has 29 heavy (non-hydrogen) atoms. The summed E-state index contributed by atoms with van der Waals surface area (Å²) in [7, 11) is -3.84. The number of benzene rings is 2. The molecule has 3 aromatic rings. The Kier molecular flexibility index (Phi) is 5.41. The molecule has 0 aliphatic carbocycles. The van der Waals surface area contributed by atoms with Crippen molar-refractivity contribution in [2.75, 3.05) is 28.5 Å². The number of nitrogens with one attached hydrogen (secondary N) is 1. The lowest BCUT2D eigenvalue weighted by Gasteiger charge is -2.28. The van der Waals surface area contributed by atoms with Gasteiger partial charge in [-0.25, -0.2) is 13.4 Å². The molecular formula is C19H19N3O4S3. The quantitative estimate of drug-likeness (QED) is 0.634. The van der Waals surface area contributed by atoms with Gasteiger partial charge in [0.2, 0.25) is 5.91 Å². The second kappa shape index (κ2) is 7.85. The smallest absolute Gasteiger partial charge is 0.263 e. The Balaban J connectivity index is 1.65. The van der Waals surface area contributed by atoms with E-state index in [0.717, 1.165) is 21.1 Å². The highest BCUT2D eigenvalue weighted by Gasteiger charge is 2.24. The molecular weight excluding hydrogens is 430 g/mol. The van der Waals surface area contributed by atoms with Crippen LogP contribution in [0, 0.1) is 0 Å². The number of aromatic nitrogens is 1. The van der Waals surface area contributed by atoms with Crippen LogP contribution >= 0.6 is 23.1 Å². The van der Waals surface area contributed by atoms with E-state index in [1.165, 1.54) is 18.3 Å². The number of nitrogens with zero attached hydrogens (tertiary/aromatic N) is 2. The fourth-order valence-corrected chi connectivity index (χ4v) is 6.19. The normalized spacial score (nSPS) is 13.9. The number of amides is 1. The Bertz CT molecular complexity index is 1190. The number of hydrogen-bond acceptors (Lipinski definition) is 7. The number of thioether (sulfide) groups is 1. The number of carbonyl (C=O) groups is 1. The van der Waals surface area contributed by atoms with Gasteiger partial charge >= 0.3 is 0 Å². The monoisotopic (exact) mass is 449 g/mol. The van der Waals surface area contributed by atoms with Gasteiger partial charge in [-0.2, -0.15) is 0 Å². The second-order valence-corrected chi connectivity index (χ2v) is 10.2. The number of ether oxygens (including phenoxy) is 1. The Hall–Kier alpha value is -2.30. The van der Waals surface area contributed by atoms with Crippen molar-refractivity contribution in [3.8, 4) is 5.75 Å². The van der Waals surface area contributed by atoms with Crippen LogP contribution in [0.1, 0.15) is 13.8 Å².